The fourth-order valence-electron chi connectivity index (χ4n) is 4.38. The van der Waals surface area contributed by atoms with Gasteiger partial charge in [-0.25, -0.2) is 4.52 Å². The van der Waals surface area contributed by atoms with Crippen LogP contribution in [0.4, 0.5) is 11.6 Å². The van der Waals surface area contributed by atoms with Gasteiger partial charge in [-0.15, -0.1) is 5.10 Å². The van der Waals surface area contributed by atoms with E-state index in [4.69, 9.17) is 4.74 Å². The molecule has 0 spiro atoms. The average Bonchev–Trinajstić information content (AvgIpc) is 3.31. The Hall–Kier alpha value is -3.91. The molecule has 5 rings (SSSR count). The quantitative estimate of drug-likeness (QED) is 0.421. The number of aromatic nitrogens is 3. The maximum absolute atomic E-state index is 12.6. The molecule has 3 heterocycles. The molecule has 1 saturated heterocycles. The predicted octanol–water partition coefficient (Wildman–Crippen LogP) is 4.22. The topological polar surface area (TPSA) is 83.8 Å². The predicted molar refractivity (Wildman–Crippen MR) is 137 cm³/mol. The number of amides is 1. The zero-order valence-electron chi connectivity index (χ0n) is 20.1. The zero-order valence-corrected chi connectivity index (χ0v) is 20.1. The van der Waals surface area contributed by atoms with E-state index in [2.05, 4.69) is 32.7 Å². The van der Waals surface area contributed by atoms with Crippen molar-refractivity contribution in [2.75, 3.05) is 39.1 Å². The van der Waals surface area contributed by atoms with Crippen LogP contribution in [0.2, 0.25) is 0 Å². The highest BCUT2D eigenvalue weighted by Gasteiger charge is 2.17. The number of carbonyl (C=O) groups excluding carboxylic acids is 1. The Kier molecular flexibility index (Phi) is 6.63. The minimum atomic E-state index is -0.0366. The number of hydrogen-bond acceptors (Lipinski definition) is 6. The largest absolute Gasteiger partial charge is 0.497 e. The maximum Gasteiger partial charge on any atom is 0.251 e. The fourth-order valence-corrected chi connectivity index (χ4v) is 4.38. The first-order chi connectivity index (χ1) is 17.1. The molecule has 2 N–H and O–H groups in total. The Morgan fingerprint density at radius 2 is 1.77 bits per heavy atom. The first-order valence-corrected chi connectivity index (χ1v) is 11.9. The van der Waals surface area contributed by atoms with Crippen LogP contribution in [0.1, 0.15) is 23.2 Å². The van der Waals surface area contributed by atoms with E-state index in [1.54, 1.807) is 7.11 Å². The lowest BCUT2D eigenvalue weighted by Gasteiger charge is -2.28. The van der Waals surface area contributed by atoms with Gasteiger partial charge in [-0.1, -0.05) is 6.07 Å². The minimum absolute atomic E-state index is 0.0366. The summed E-state index contributed by atoms with van der Waals surface area (Å²) >= 11 is 0. The third kappa shape index (κ3) is 5.27. The summed E-state index contributed by atoms with van der Waals surface area (Å²) in [5.41, 5.74) is 4.16. The highest BCUT2D eigenvalue weighted by Crippen LogP contribution is 2.24. The van der Waals surface area contributed by atoms with Gasteiger partial charge in [-0.3, -0.25) is 4.79 Å². The maximum atomic E-state index is 12.6. The summed E-state index contributed by atoms with van der Waals surface area (Å²) in [5.74, 6) is 1.82. The molecule has 2 aromatic heterocycles. The van der Waals surface area contributed by atoms with Gasteiger partial charge in [0.05, 0.1) is 12.8 Å². The van der Waals surface area contributed by atoms with Crippen molar-refractivity contribution in [1.29, 1.82) is 0 Å². The number of likely N-dealkylation sites (tertiary alicyclic amines) is 1. The molecule has 1 amide bonds. The molecule has 1 aliphatic rings. The highest BCUT2D eigenvalue weighted by molar-refractivity contribution is 5.94. The standard InChI is InChI=1S/C27H30N6O2/c1-32-16-14-19(15-17-32)18-28-26(34)21-6-10-22(11-7-21)29-27-30-25-5-3-4-24(33(25)31-27)20-8-12-23(35-2)13-9-20/h3-13,19H,14-18H2,1-2H3,(H,28,34)(H,29,31). The van der Waals surface area contributed by atoms with Crippen LogP contribution in [-0.2, 0) is 0 Å². The first kappa shape index (κ1) is 22.9. The van der Waals surface area contributed by atoms with Crippen LogP contribution in [0.25, 0.3) is 16.9 Å². The van der Waals surface area contributed by atoms with Crippen molar-refractivity contribution in [3.05, 3.63) is 72.3 Å². The van der Waals surface area contributed by atoms with Crippen molar-refractivity contribution in [2.45, 2.75) is 12.8 Å². The van der Waals surface area contributed by atoms with Crippen molar-refractivity contribution in [2.24, 2.45) is 5.92 Å². The number of methoxy groups -OCH3 is 1. The van der Waals surface area contributed by atoms with Crippen molar-refractivity contribution >= 4 is 23.2 Å². The number of ether oxygens (including phenoxy) is 1. The number of carbonyl (C=O) groups is 1. The van der Waals surface area contributed by atoms with E-state index in [1.165, 1.54) is 0 Å². The van der Waals surface area contributed by atoms with Gasteiger partial charge in [-0.2, -0.15) is 4.98 Å². The van der Waals surface area contributed by atoms with Gasteiger partial charge in [0.15, 0.2) is 5.65 Å². The molecule has 0 unspecified atom stereocenters. The number of nitrogens with zero attached hydrogens (tertiary/aromatic N) is 4. The molecule has 2 aromatic carbocycles. The van der Waals surface area contributed by atoms with Gasteiger partial charge >= 0.3 is 0 Å². The van der Waals surface area contributed by atoms with E-state index in [0.717, 1.165) is 60.8 Å². The lowest BCUT2D eigenvalue weighted by molar-refractivity contribution is 0.0939. The number of piperidine rings is 1. The van der Waals surface area contributed by atoms with Crippen LogP contribution in [0.15, 0.2) is 66.7 Å². The molecule has 1 fully saturated rings. The number of fused-ring (bicyclic) bond motifs is 1. The van der Waals surface area contributed by atoms with E-state index in [0.29, 0.717) is 17.4 Å². The second kappa shape index (κ2) is 10.1. The number of hydrogen-bond donors (Lipinski definition) is 2. The van der Waals surface area contributed by atoms with Gasteiger partial charge in [0.2, 0.25) is 5.95 Å². The van der Waals surface area contributed by atoms with E-state index >= 15 is 0 Å². The first-order valence-electron chi connectivity index (χ1n) is 11.9. The minimum Gasteiger partial charge on any atom is -0.497 e. The molecule has 35 heavy (non-hydrogen) atoms. The Morgan fingerprint density at radius 1 is 1.03 bits per heavy atom. The van der Waals surface area contributed by atoms with Crippen LogP contribution in [0.5, 0.6) is 5.75 Å². The third-order valence-electron chi connectivity index (χ3n) is 6.54. The van der Waals surface area contributed by atoms with Gasteiger partial charge in [-0.05, 0) is 99.6 Å². The zero-order chi connectivity index (χ0) is 24.2. The van der Waals surface area contributed by atoms with Crippen molar-refractivity contribution in [3.63, 3.8) is 0 Å². The van der Waals surface area contributed by atoms with Crippen LogP contribution >= 0.6 is 0 Å². The van der Waals surface area contributed by atoms with Crippen LogP contribution in [0.3, 0.4) is 0 Å². The second-order valence-corrected chi connectivity index (χ2v) is 9.00. The summed E-state index contributed by atoms with van der Waals surface area (Å²) in [7, 11) is 3.80. The smallest absolute Gasteiger partial charge is 0.251 e. The Morgan fingerprint density at radius 3 is 2.49 bits per heavy atom. The number of benzene rings is 2. The lowest BCUT2D eigenvalue weighted by atomic mass is 9.97. The summed E-state index contributed by atoms with van der Waals surface area (Å²) in [4.78, 5) is 19.5. The number of anilines is 2. The van der Waals surface area contributed by atoms with Gasteiger partial charge in [0, 0.05) is 23.4 Å². The van der Waals surface area contributed by atoms with Crippen LogP contribution < -0.4 is 15.4 Å². The molecule has 8 heteroatoms. The Balaban J connectivity index is 1.25. The summed E-state index contributed by atoms with van der Waals surface area (Å²) < 4.78 is 7.07. The molecular formula is C27H30N6O2. The van der Waals surface area contributed by atoms with E-state index in [-0.39, 0.29) is 5.91 Å². The molecular weight excluding hydrogens is 440 g/mol. The Bertz CT molecular complexity index is 1290. The number of rotatable bonds is 7. The lowest BCUT2D eigenvalue weighted by Crippen LogP contribution is -2.36. The van der Waals surface area contributed by atoms with E-state index < -0.39 is 0 Å². The summed E-state index contributed by atoms with van der Waals surface area (Å²) in [5, 5.41) is 11.0. The van der Waals surface area contributed by atoms with Gasteiger partial charge in [0.25, 0.3) is 5.91 Å². The normalized spacial score (nSPS) is 14.7. The third-order valence-corrected chi connectivity index (χ3v) is 6.54. The summed E-state index contributed by atoms with van der Waals surface area (Å²) in [6, 6.07) is 21.1. The van der Waals surface area contributed by atoms with Crippen LogP contribution in [-0.4, -0.2) is 59.2 Å². The SMILES string of the molecule is COc1ccc(-c2cccc3nc(Nc4ccc(C(=O)NCC5CCN(C)CC5)cc4)nn23)cc1. The average molecular weight is 471 g/mol. The van der Waals surface area contributed by atoms with E-state index in [1.807, 2.05) is 71.2 Å². The van der Waals surface area contributed by atoms with Crippen molar-refractivity contribution in [1.82, 2.24) is 24.8 Å². The van der Waals surface area contributed by atoms with Crippen LogP contribution in [0, 0.1) is 5.92 Å². The monoisotopic (exact) mass is 470 g/mol. The summed E-state index contributed by atoms with van der Waals surface area (Å²) in [6.45, 7) is 2.92. The van der Waals surface area contributed by atoms with Gasteiger partial charge in [0.1, 0.15) is 5.75 Å². The molecule has 180 valence electrons. The molecule has 0 aliphatic carbocycles. The van der Waals surface area contributed by atoms with E-state index in [9.17, 15) is 4.79 Å². The molecule has 1 aliphatic heterocycles. The molecule has 0 atom stereocenters. The molecule has 0 radical (unpaired) electrons. The summed E-state index contributed by atoms with van der Waals surface area (Å²) in [6.07, 6.45) is 2.26. The van der Waals surface area contributed by atoms with Gasteiger partial charge < -0.3 is 20.3 Å². The fraction of sp³-hybridized carbons (Fsp3) is 0.296. The second-order valence-electron chi connectivity index (χ2n) is 9.00. The van der Waals surface area contributed by atoms with Crippen molar-refractivity contribution < 1.29 is 9.53 Å². The highest BCUT2D eigenvalue weighted by atomic mass is 16.5. The number of nitrogens with one attached hydrogen (secondary N) is 2. The number of pyridine rings is 1. The molecule has 0 saturated carbocycles. The molecule has 0 bridgehead atoms. The molecule has 4 aromatic rings. The Labute approximate surface area is 204 Å². The van der Waals surface area contributed by atoms with Crippen molar-refractivity contribution in [3.8, 4) is 17.0 Å². The molecule has 8 nitrogen and oxygen atoms in total.